The number of carbonyl (C=O) groups excluding carboxylic acids is 2. The zero-order valence-electron chi connectivity index (χ0n) is 16.4. The van der Waals surface area contributed by atoms with Crippen molar-refractivity contribution in [1.82, 2.24) is 0 Å². The quantitative estimate of drug-likeness (QED) is 0.558. The molecule has 0 saturated carbocycles. The van der Waals surface area contributed by atoms with E-state index in [0.29, 0.717) is 23.6 Å². The van der Waals surface area contributed by atoms with E-state index in [4.69, 9.17) is 9.47 Å². The lowest BCUT2D eigenvalue weighted by Crippen LogP contribution is -2.30. The first kappa shape index (κ1) is 20.1. The molecular weight excluding hydrogens is 366 g/mol. The fraction of sp³-hybridized carbons (Fsp3) is 0.167. The fourth-order valence-electron chi connectivity index (χ4n) is 2.65. The zero-order chi connectivity index (χ0) is 20.6. The molecule has 0 radical (unpaired) electrons. The lowest BCUT2D eigenvalue weighted by molar-refractivity contribution is -0.122. The summed E-state index contributed by atoms with van der Waals surface area (Å²) in [6.45, 7) is 3.66. The molecule has 148 valence electrons. The highest BCUT2D eigenvalue weighted by atomic mass is 16.5. The van der Waals surface area contributed by atoms with Crippen LogP contribution in [0.15, 0.2) is 78.9 Å². The van der Waals surface area contributed by atoms with Crippen molar-refractivity contribution in [3.05, 3.63) is 90.0 Å². The number of hydrogen-bond donors (Lipinski definition) is 1. The molecule has 1 atom stereocenters. The summed E-state index contributed by atoms with van der Waals surface area (Å²) < 4.78 is 11.4. The van der Waals surface area contributed by atoms with E-state index in [1.165, 1.54) is 6.92 Å². The molecule has 29 heavy (non-hydrogen) atoms. The van der Waals surface area contributed by atoms with Gasteiger partial charge in [0.25, 0.3) is 5.91 Å². The van der Waals surface area contributed by atoms with E-state index in [1.54, 1.807) is 43.3 Å². The Balaban J connectivity index is 1.51. The van der Waals surface area contributed by atoms with Gasteiger partial charge in [0.15, 0.2) is 11.9 Å². The van der Waals surface area contributed by atoms with Gasteiger partial charge in [-0.1, -0.05) is 30.3 Å². The van der Waals surface area contributed by atoms with Crippen LogP contribution < -0.4 is 14.8 Å². The van der Waals surface area contributed by atoms with Gasteiger partial charge in [0, 0.05) is 11.3 Å². The molecule has 0 aliphatic heterocycles. The lowest BCUT2D eigenvalue weighted by atomic mass is 10.1. The number of hydrogen-bond acceptors (Lipinski definition) is 4. The first-order chi connectivity index (χ1) is 14.0. The second-order valence-electron chi connectivity index (χ2n) is 6.63. The van der Waals surface area contributed by atoms with Crippen molar-refractivity contribution < 1.29 is 19.1 Å². The second-order valence-corrected chi connectivity index (χ2v) is 6.63. The first-order valence-electron chi connectivity index (χ1n) is 9.36. The molecule has 3 aromatic rings. The lowest BCUT2D eigenvalue weighted by Gasteiger charge is -2.15. The predicted molar refractivity (Wildman–Crippen MR) is 112 cm³/mol. The Bertz CT molecular complexity index is 950. The molecule has 0 aliphatic rings. The van der Waals surface area contributed by atoms with Crippen molar-refractivity contribution in [3.8, 4) is 11.5 Å². The Morgan fingerprint density at radius 1 is 0.862 bits per heavy atom. The Hall–Kier alpha value is -3.60. The van der Waals surface area contributed by atoms with Crippen LogP contribution in [0.4, 0.5) is 5.69 Å². The third-order valence-electron chi connectivity index (χ3n) is 4.31. The van der Waals surface area contributed by atoms with Crippen molar-refractivity contribution in [1.29, 1.82) is 0 Å². The number of nitrogens with one attached hydrogen (secondary N) is 1. The van der Waals surface area contributed by atoms with E-state index in [0.717, 1.165) is 11.3 Å². The van der Waals surface area contributed by atoms with Crippen LogP contribution in [0.3, 0.4) is 0 Å². The summed E-state index contributed by atoms with van der Waals surface area (Å²) in [6, 6.07) is 23.8. The highest BCUT2D eigenvalue weighted by Crippen LogP contribution is 2.18. The summed E-state index contributed by atoms with van der Waals surface area (Å²) >= 11 is 0. The van der Waals surface area contributed by atoms with Crippen molar-refractivity contribution in [2.75, 3.05) is 5.32 Å². The number of ether oxygens (including phenoxy) is 2. The minimum atomic E-state index is -0.688. The van der Waals surface area contributed by atoms with E-state index < -0.39 is 6.10 Å². The highest BCUT2D eigenvalue weighted by molar-refractivity contribution is 5.95. The molecule has 1 N–H and O–H groups in total. The minimum absolute atomic E-state index is 0.0152. The summed E-state index contributed by atoms with van der Waals surface area (Å²) in [5.74, 6) is 0.973. The summed E-state index contributed by atoms with van der Waals surface area (Å²) in [6.07, 6.45) is -0.688. The normalized spacial score (nSPS) is 11.4. The van der Waals surface area contributed by atoms with Gasteiger partial charge in [-0.05, 0) is 67.9 Å². The molecule has 0 heterocycles. The van der Waals surface area contributed by atoms with Crippen LogP contribution in [0.1, 0.15) is 29.8 Å². The van der Waals surface area contributed by atoms with Crippen molar-refractivity contribution in [3.63, 3.8) is 0 Å². The van der Waals surface area contributed by atoms with Crippen LogP contribution in [0.2, 0.25) is 0 Å². The van der Waals surface area contributed by atoms with Crippen LogP contribution in [-0.4, -0.2) is 17.8 Å². The fourth-order valence-corrected chi connectivity index (χ4v) is 2.65. The summed E-state index contributed by atoms with van der Waals surface area (Å²) in [7, 11) is 0. The Morgan fingerprint density at radius 2 is 1.48 bits per heavy atom. The van der Waals surface area contributed by atoms with Crippen LogP contribution in [-0.2, 0) is 11.4 Å². The molecule has 0 bridgehead atoms. The maximum Gasteiger partial charge on any atom is 0.265 e. The SMILES string of the molecule is CC(=O)c1ccc(OC(C)C(=O)Nc2ccc(OCc3ccccc3)cc2)cc1. The van der Waals surface area contributed by atoms with Crippen LogP contribution in [0.5, 0.6) is 11.5 Å². The van der Waals surface area contributed by atoms with Gasteiger partial charge in [-0.15, -0.1) is 0 Å². The van der Waals surface area contributed by atoms with Gasteiger partial charge in [-0.2, -0.15) is 0 Å². The topological polar surface area (TPSA) is 64.6 Å². The molecule has 0 fully saturated rings. The maximum absolute atomic E-state index is 12.4. The summed E-state index contributed by atoms with van der Waals surface area (Å²) in [5.41, 5.74) is 2.35. The molecule has 3 aromatic carbocycles. The minimum Gasteiger partial charge on any atom is -0.489 e. The smallest absolute Gasteiger partial charge is 0.265 e. The number of carbonyl (C=O) groups is 2. The Kier molecular flexibility index (Phi) is 6.63. The van der Waals surface area contributed by atoms with E-state index >= 15 is 0 Å². The Morgan fingerprint density at radius 3 is 2.10 bits per heavy atom. The molecule has 3 rings (SSSR count). The third-order valence-corrected chi connectivity index (χ3v) is 4.31. The number of ketones is 1. The number of rotatable bonds is 8. The van der Waals surface area contributed by atoms with Crippen molar-refractivity contribution in [2.45, 2.75) is 26.6 Å². The van der Waals surface area contributed by atoms with E-state index in [1.807, 2.05) is 42.5 Å². The number of Topliss-reactive ketones (excluding diaryl/α,β-unsaturated/α-hetero) is 1. The van der Waals surface area contributed by atoms with Crippen LogP contribution >= 0.6 is 0 Å². The van der Waals surface area contributed by atoms with Gasteiger partial charge >= 0.3 is 0 Å². The second kappa shape index (κ2) is 9.55. The van der Waals surface area contributed by atoms with Gasteiger partial charge in [0.2, 0.25) is 0 Å². The molecule has 0 spiro atoms. The molecule has 5 heteroatoms. The number of benzene rings is 3. The van der Waals surface area contributed by atoms with E-state index in [9.17, 15) is 9.59 Å². The summed E-state index contributed by atoms with van der Waals surface area (Å²) in [4.78, 5) is 23.7. The third kappa shape index (κ3) is 5.94. The first-order valence-corrected chi connectivity index (χ1v) is 9.36. The summed E-state index contributed by atoms with van der Waals surface area (Å²) in [5, 5.41) is 2.82. The molecule has 5 nitrogen and oxygen atoms in total. The standard InChI is InChI=1S/C24H23NO4/c1-17(26)20-8-12-23(13-9-20)29-18(2)24(27)25-21-10-14-22(15-11-21)28-16-19-6-4-3-5-7-19/h3-15,18H,16H2,1-2H3,(H,25,27). The van der Waals surface area contributed by atoms with Gasteiger partial charge in [0.05, 0.1) is 0 Å². The monoisotopic (exact) mass is 389 g/mol. The van der Waals surface area contributed by atoms with Crippen LogP contribution in [0, 0.1) is 0 Å². The largest absolute Gasteiger partial charge is 0.489 e. The van der Waals surface area contributed by atoms with Crippen molar-refractivity contribution >= 4 is 17.4 Å². The highest BCUT2D eigenvalue weighted by Gasteiger charge is 2.15. The number of anilines is 1. The number of amides is 1. The Labute approximate surface area is 170 Å². The van der Waals surface area contributed by atoms with Gasteiger partial charge in [-0.3, -0.25) is 9.59 Å². The van der Waals surface area contributed by atoms with Gasteiger partial charge in [0.1, 0.15) is 18.1 Å². The molecule has 0 saturated heterocycles. The average Bonchev–Trinajstić information content (AvgIpc) is 2.74. The van der Waals surface area contributed by atoms with E-state index in [-0.39, 0.29) is 11.7 Å². The molecule has 1 amide bonds. The predicted octanol–water partition coefficient (Wildman–Crippen LogP) is 4.87. The van der Waals surface area contributed by atoms with Gasteiger partial charge in [-0.25, -0.2) is 0 Å². The van der Waals surface area contributed by atoms with Crippen LogP contribution in [0.25, 0.3) is 0 Å². The average molecular weight is 389 g/mol. The zero-order valence-corrected chi connectivity index (χ0v) is 16.4. The molecule has 0 aromatic heterocycles. The van der Waals surface area contributed by atoms with Crippen molar-refractivity contribution in [2.24, 2.45) is 0 Å². The molecule has 0 aliphatic carbocycles. The molecular formula is C24H23NO4. The van der Waals surface area contributed by atoms with Gasteiger partial charge < -0.3 is 14.8 Å². The van der Waals surface area contributed by atoms with E-state index in [2.05, 4.69) is 5.32 Å². The maximum atomic E-state index is 12.4. The molecule has 1 unspecified atom stereocenters.